The molecular formula is C22H23N3O3. The van der Waals surface area contributed by atoms with E-state index >= 15 is 0 Å². The molecule has 2 aromatic rings. The normalized spacial score (nSPS) is 17.2. The zero-order valence-electron chi connectivity index (χ0n) is 15.9. The number of hydrogen-bond acceptors (Lipinski definition) is 4. The minimum Gasteiger partial charge on any atom is -0.339 e. The Morgan fingerprint density at radius 3 is 2.04 bits per heavy atom. The van der Waals surface area contributed by atoms with Crippen LogP contribution in [0.4, 0.5) is 0 Å². The van der Waals surface area contributed by atoms with Crippen LogP contribution in [0.25, 0.3) is 0 Å². The quantitative estimate of drug-likeness (QED) is 0.764. The van der Waals surface area contributed by atoms with E-state index in [0.29, 0.717) is 24.2 Å². The predicted molar refractivity (Wildman–Crippen MR) is 105 cm³/mol. The highest BCUT2D eigenvalue weighted by Crippen LogP contribution is 2.22. The predicted octanol–water partition coefficient (Wildman–Crippen LogP) is 1.94. The van der Waals surface area contributed by atoms with Crippen molar-refractivity contribution >= 4 is 17.7 Å². The number of piperazine rings is 1. The molecule has 0 unspecified atom stereocenters. The van der Waals surface area contributed by atoms with E-state index in [1.165, 1.54) is 11.1 Å². The lowest BCUT2D eigenvalue weighted by Crippen LogP contribution is -2.51. The van der Waals surface area contributed by atoms with Crippen LogP contribution in [0.3, 0.4) is 0 Å². The fraction of sp³-hybridized carbons (Fsp3) is 0.318. The Labute approximate surface area is 164 Å². The summed E-state index contributed by atoms with van der Waals surface area (Å²) in [5.74, 6) is -0.940. The Morgan fingerprint density at radius 1 is 0.857 bits per heavy atom. The molecule has 0 atom stereocenters. The van der Waals surface area contributed by atoms with Crippen molar-refractivity contribution in [3.05, 3.63) is 70.8 Å². The minimum absolute atomic E-state index is 0.176. The first-order chi connectivity index (χ1) is 13.5. The molecule has 0 aromatic heterocycles. The van der Waals surface area contributed by atoms with Crippen LogP contribution in [0.2, 0.25) is 0 Å². The standard InChI is InChI=1S/C22H23N3O3/c1-16-6-2-3-7-17(16)14-23-10-12-24(13-11-23)20(26)15-25-21(27)18-8-4-5-9-19(18)22(25)28/h2-9H,10-15H2,1H3. The molecule has 0 saturated carbocycles. The summed E-state index contributed by atoms with van der Waals surface area (Å²) >= 11 is 0. The zero-order valence-corrected chi connectivity index (χ0v) is 15.9. The molecule has 3 amide bonds. The van der Waals surface area contributed by atoms with Crippen molar-refractivity contribution in [3.63, 3.8) is 0 Å². The topological polar surface area (TPSA) is 60.9 Å². The molecule has 4 rings (SSSR count). The van der Waals surface area contributed by atoms with Gasteiger partial charge in [-0.2, -0.15) is 0 Å². The first-order valence-corrected chi connectivity index (χ1v) is 9.54. The van der Waals surface area contributed by atoms with Crippen LogP contribution in [0.15, 0.2) is 48.5 Å². The van der Waals surface area contributed by atoms with Crippen molar-refractivity contribution in [2.45, 2.75) is 13.5 Å². The third-order valence-electron chi connectivity index (χ3n) is 5.55. The van der Waals surface area contributed by atoms with Crippen molar-refractivity contribution in [2.24, 2.45) is 0 Å². The van der Waals surface area contributed by atoms with Crippen molar-refractivity contribution < 1.29 is 14.4 Å². The van der Waals surface area contributed by atoms with Gasteiger partial charge in [-0.15, -0.1) is 0 Å². The molecule has 0 aliphatic carbocycles. The van der Waals surface area contributed by atoms with Gasteiger partial charge in [0.05, 0.1) is 11.1 Å². The minimum atomic E-state index is -0.382. The summed E-state index contributed by atoms with van der Waals surface area (Å²) in [7, 11) is 0. The number of hydrogen-bond donors (Lipinski definition) is 0. The number of benzene rings is 2. The third kappa shape index (κ3) is 3.43. The van der Waals surface area contributed by atoms with Crippen molar-refractivity contribution in [3.8, 4) is 0 Å². The van der Waals surface area contributed by atoms with E-state index in [0.717, 1.165) is 24.5 Å². The molecule has 6 nitrogen and oxygen atoms in total. The lowest BCUT2D eigenvalue weighted by atomic mass is 10.1. The maximum atomic E-state index is 12.7. The van der Waals surface area contributed by atoms with Crippen molar-refractivity contribution in [1.29, 1.82) is 0 Å². The van der Waals surface area contributed by atoms with Gasteiger partial charge in [0.25, 0.3) is 11.8 Å². The van der Waals surface area contributed by atoms with Crippen LogP contribution in [0.5, 0.6) is 0 Å². The maximum Gasteiger partial charge on any atom is 0.262 e. The first kappa shape index (κ1) is 18.4. The van der Waals surface area contributed by atoms with E-state index in [9.17, 15) is 14.4 Å². The Kier molecular flexibility index (Phi) is 4.96. The van der Waals surface area contributed by atoms with E-state index < -0.39 is 0 Å². The SMILES string of the molecule is Cc1ccccc1CN1CCN(C(=O)CN2C(=O)c3ccccc3C2=O)CC1. The average molecular weight is 377 g/mol. The summed E-state index contributed by atoms with van der Waals surface area (Å²) < 4.78 is 0. The summed E-state index contributed by atoms with van der Waals surface area (Å²) in [5, 5.41) is 0. The molecule has 2 aliphatic rings. The summed E-state index contributed by atoms with van der Waals surface area (Å²) in [6.45, 7) is 5.56. The van der Waals surface area contributed by atoms with Gasteiger partial charge in [-0.25, -0.2) is 0 Å². The summed E-state index contributed by atoms with van der Waals surface area (Å²) in [6, 6.07) is 15.0. The molecule has 1 fully saturated rings. The largest absolute Gasteiger partial charge is 0.339 e. The molecule has 2 heterocycles. The smallest absolute Gasteiger partial charge is 0.262 e. The second-order valence-electron chi connectivity index (χ2n) is 7.33. The number of amides is 3. The van der Waals surface area contributed by atoms with E-state index in [1.54, 1.807) is 29.2 Å². The zero-order chi connectivity index (χ0) is 19.7. The van der Waals surface area contributed by atoms with E-state index in [1.807, 2.05) is 12.1 Å². The van der Waals surface area contributed by atoms with Crippen LogP contribution in [0, 0.1) is 6.92 Å². The third-order valence-corrected chi connectivity index (χ3v) is 5.55. The molecule has 0 spiro atoms. The van der Waals surface area contributed by atoms with Gasteiger partial charge in [-0.1, -0.05) is 36.4 Å². The fourth-order valence-electron chi connectivity index (χ4n) is 3.80. The van der Waals surface area contributed by atoms with Crippen LogP contribution in [-0.2, 0) is 11.3 Å². The second kappa shape index (κ2) is 7.56. The molecule has 2 aromatic carbocycles. The maximum absolute atomic E-state index is 12.7. The number of carbonyl (C=O) groups is 3. The molecular weight excluding hydrogens is 354 g/mol. The summed E-state index contributed by atoms with van der Waals surface area (Å²) in [4.78, 5) is 42.7. The van der Waals surface area contributed by atoms with E-state index in [2.05, 4.69) is 24.0 Å². The van der Waals surface area contributed by atoms with Crippen LogP contribution in [0.1, 0.15) is 31.8 Å². The lowest BCUT2D eigenvalue weighted by Gasteiger charge is -2.35. The Balaban J connectivity index is 1.33. The number of rotatable bonds is 4. The number of imide groups is 1. The Bertz CT molecular complexity index is 897. The van der Waals surface area contributed by atoms with Gasteiger partial charge in [-0.3, -0.25) is 24.2 Å². The van der Waals surface area contributed by atoms with Gasteiger partial charge in [0, 0.05) is 32.7 Å². The number of carbonyl (C=O) groups excluding carboxylic acids is 3. The molecule has 0 N–H and O–H groups in total. The number of fused-ring (bicyclic) bond motifs is 1. The van der Waals surface area contributed by atoms with Crippen molar-refractivity contribution in [2.75, 3.05) is 32.7 Å². The summed E-state index contributed by atoms with van der Waals surface area (Å²) in [5.41, 5.74) is 3.33. The molecule has 1 saturated heterocycles. The highest BCUT2D eigenvalue weighted by molar-refractivity contribution is 6.22. The molecule has 144 valence electrons. The van der Waals surface area contributed by atoms with Gasteiger partial charge in [0.2, 0.25) is 5.91 Å². The van der Waals surface area contributed by atoms with Gasteiger partial charge in [-0.05, 0) is 30.2 Å². The van der Waals surface area contributed by atoms with Gasteiger partial charge in [0.15, 0.2) is 0 Å². The van der Waals surface area contributed by atoms with Crippen LogP contribution < -0.4 is 0 Å². The molecule has 0 bridgehead atoms. The van der Waals surface area contributed by atoms with Crippen LogP contribution >= 0.6 is 0 Å². The number of nitrogens with zero attached hydrogens (tertiary/aromatic N) is 3. The Hall–Kier alpha value is -2.99. The molecule has 2 aliphatic heterocycles. The van der Waals surface area contributed by atoms with E-state index in [-0.39, 0.29) is 24.3 Å². The molecule has 28 heavy (non-hydrogen) atoms. The molecule has 0 radical (unpaired) electrons. The van der Waals surface area contributed by atoms with Gasteiger partial charge >= 0.3 is 0 Å². The second-order valence-corrected chi connectivity index (χ2v) is 7.33. The molecule has 6 heteroatoms. The average Bonchev–Trinajstić information content (AvgIpc) is 2.95. The first-order valence-electron chi connectivity index (χ1n) is 9.54. The summed E-state index contributed by atoms with van der Waals surface area (Å²) in [6.07, 6.45) is 0. The van der Waals surface area contributed by atoms with E-state index in [4.69, 9.17) is 0 Å². The van der Waals surface area contributed by atoms with Crippen molar-refractivity contribution in [1.82, 2.24) is 14.7 Å². The monoisotopic (exact) mass is 377 g/mol. The Morgan fingerprint density at radius 2 is 1.43 bits per heavy atom. The van der Waals surface area contributed by atoms with Crippen LogP contribution in [-0.4, -0.2) is 65.1 Å². The van der Waals surface area contributed by atoms with Gasteiger partial charge in [0.1, 0.15) is 6.54 Å². The highest BCUT2D eigenvalue weighted by Gasteiger charge is 2.37. The number of aryl methyl sites for hydroxylation is 1. The lowest BCUT2D eigenvalue weighted by molar-refractivity contribution is -0.133. The fourth-order valence-corrected chi connectivity index (χ4v) is 3.80. The highest BCUT2D eigenvalue weighted by atomic mass is 16.2. The van der Waals surface area contributed by atoms with Gasteiger partial charge < -0.3 is 4.90 Å².